The van der Waals surface area contributed by atoms with Crippen molar-refractivity contribution >= 4 is 27.5 Å². The molecule has 0 amide bonds. The number of hydrogen-bond donors (Lipinski definition) is 2. The van der Waals surface area contributed by atoms with Crippen molar-refractivity contribution in [3.05, 3.63) is 45.4 Å². The maximum Gasteiger partial charge on any atom is 0.137 e. The molecule has 4 nitrogen and oxygen atoms in total. The summed E-state index contributed by atoms with van der Waals surface area (Å²) in [7, 11) is 0. The number of rotatable bonds is 5. The summed E-state index contributed by atoms with van der Waals surface area (Å²) >= 11 is 9.38. The summed E-state index contributed by atoms with van der Waals surface area (Å²) in [5.74, 6) is 0.895. The van der Waals surface area contributed by atoms with E-state index in [1.807, 2.05) is 18.2 Å². The highest BCUT2D eigenvalue weighted by Gasteiger charge is 1.99. The Morgan fingerprint density at radius 3 is 3.00 bits per heavy atom. The van der Waals surface area contributed by atoms with Crippen molar-refractivity contribution in [1.29, 1.82) is 0 Å². The van der Waals surface area contributed by atoms with Crippen LogP contribution < -0.4 is 5.32 Å². The van der Waals surface area contributed by atoms with E-state index in [4.69, 9.17) is 11.6 Å². The van der Waals surface area contributed by atoms with Gasteiger partial charge in [-0.1, -0.05) is 17.7 Å². The third kappa shape index (κ3) is 3.80. The van der Waals surface area contributed by atoms with Crippen LogP contribution in [0.3, 0.4) is 0 Å². The van der Waals surface area contributed by atoms with Gasteiger partial charge in [-0.05, 0) is 33.6 Å². The highest BCUT2D eigenvalue weighted by molar-refractivity contribution is 9.10. The number of benzene rings is 1. The number of H-pyrrole nitrogens is 1. The minimum absolute atomic E-state index is 0.736. The maximum absolute atomic E-state index is 6.01. The van der Waals surface area contributed by atoms with Crippen molar-refractivity contribution < 1.29 is 0 Å². The van der Waals surface area contributed by atoms with Gasteiger partial charge in [-0.25, -0.2) is 4.98 Å². The number of aromatic nitrogens is 3. The first kappa shape index (κ1) is 12.5. The van der Waals surface area contributed by atoms with Crippen molar-refractivity contribution in [2.45, 2.75) is 13.0 Å². The summed E-state index contributed by atoms with van der Waals surface area (Å²) in [6, 6.07) is 5.94. The van der Waals surface area contributed by atoms with E-state index in [0.29, 0.717) is 0 Å². The lowest BCUT2D eigenvalue weighted by molar-refractivity contribution is 0.671. The predicted molar refractivity (Wildman–Crippen MR) is 70.9 cm³/mol. The molecule has 0 fully saturated rings. The van der Waals surface area contributed by atoms with E-state index in [2.05, 4.69) is 36.4 Å². The summed E-state index contributed by atoms with van der Waals surface area (Å²) in [5, 5.41) is 10.7. The Bertz CT molecular complexity index is 472. The minimum atomic E-state index is 0.736. The third-order valence-corrected chi connectivity index (χ3v) is 3.55. The molecule has 0 unspecified atom stereocenters. The Hall–Kier alpha value is -0.910. The van der Waals surface area contributed by atoms with Crippen LogP contribution >= 0.6 is 27.5 Å². The molecule has 2 rings (SSSR count). The summed E-state index contributed by atoms with van der Waals surface area (Å²) in [5.41, 5.74) is 1.16. The van der Waals surface area contributed by atoms with Gasteiger partial charge in [-0.15, -0.1) is 0 Å². The second-order valence-electron chi connectivity index (χ2n) is 3.61. The molecule has 0 atom stereocenters. The van der Waals surface area contributed by atoms with Crippen LogP contribution in [0.1, 0.15) is 11.4 Å². The zero-order chi connectivity index (χ0) is 12.1. The van der Waals surface area contributed by atoms with E-state index in [-0.39, 0.29) is 0 Å². The van der Waals surface area contributed by atoms with Crippen molar-refractivity contribution in [1.82, 2.24) is 20.5 Å². The average Bonchev–Trinajstić information content (AvgIpc) is 2.82. The molecule has 0 aliphatic rings. The highest BCUT2D eigenvalue weighted by Crippen LogP contribution is 2.22. The molecular weight excluding hydrogens is 304 g/mol. The quantitative estimate of drug-likeness (QED) is 0.834. The Morgan fingerprint density at radius 1 is 1.41 bits per heavy atom. The molecule has 0 saturated carbocycles. The number of halogens is 2. The van der Waals surface area contributed by atoms with E-state index < -0.39 is 0 Å². The Morgan fingerprint density at radius 2 is 2.29 bits per heavy atom. The second kappa shape index (κ2) is 6.14. The van der Waals surface area contributed by atoms with Crippen LogP contribution in [0.4, 0.5) is 0 Å². The van der Waals surface area contributed by atoms with Gasteiger partial charge in [-0.2, -0.15) is 5.10 Å². The maximum atomic E-state index is 6.01. The monoisotopic (exact) mass is 314 g/mol. The van der Waals surface area contributed by atoms with E-state index in [1.165, 1.54) is 6.33 Å². The first-order valence-corrected chi connectivity index (χ1v) is 6.41. The lowest BCUT2D eigenvalue weighted by Crippen LogP contribution is -2.17. The Balaban J connectivity index is 1.76. The number of nitrogens with zero attached hydrogens (tertiary/aromatic N) is 2. The largest absolute Gasteiger partial charge is 0.312 e. The lowest BCUT2D eigenvalue weighted by atomic mass is 10.2. The molecule has 0 spiro atoms. The lowest BCUT2D eigenvalue weighted by Gasteiger charge is -2.05. The van der Waals surface area contributed by atoms with Crippen LogP contribution in [0.5, 0.6) is 0 Å². The standard InChI is InChI=1S/C11H12BrClN4/c12-9-2-1-8(5-10(9)13)6-14-4-3-11-15-7-16-17-11/h1-2,5,7,14H,3-4,6H2,(H,15,16,17). The van der Waals surface area contributed by atoms with Crippen LogP contribution in [-0.2, 0) is 13.0 Å². The molecule has 0 aliphatic carbocycles. The molecule has 17 heavy (non-hydrogen) atoms. The van der Waals surface area contributed by atoms with Crippen LogP contribution in [0.25, 0.3) is 0 Å². The molecule has 0 aliphatic heterocycles. The van der Waals surface area contributed by atoms with Gasteiger partial charge in [0.05, 0.1) is 5.02 Å². The second-order valence-corrected chi connectivity index (χ2v) is 4.87. The molecule has 2 N–H and O–H groups in total. The summed E-state index contributed by atoms with van der Waals surface area (Å²) in [4.78, 5) is 4.05. The van der Waals surface area contributed by atoms with Gasteiger partial charge < -0.3 is 5.32 Å². The van der Waals surface area contributed by atoms with Crippen molar-refractivity contribution in [3.63, 3.8) is 0 Å². The van der Waals surface area contributed by atoms with E-state index in [9.17, 15) is 0 Å². The molecule has 1 heterocycles. The SMILES string of the molecule is Clc1cc(CNCCc2ncn[nH]2)ccc1Br. The molecule has 0 radical (unpaired) electrons. The number of hydrogen-bond acceptors (Lipinski definition) is 3. The molecular formula is C11H12BrClN4. The van der Waals surface area contributed by atoms with Crippen LogP contribution in [0.2, 0.25) is 5.02 Å². The molecule has 1 aromatic heterocycles. The first-order chi connectivity index (χ1) is 8.25. The predicted octanol–water partition coefficient (Wildman–Crippen LogP) is 2.55. The minimum Gasteiger partial charge on any atom is -0.312 e. The van der Waals surface area contributed by atoms with Gasteiger partial charge in [0, 0.05) is 24.0 Å². The van der Waals surface area contributed by atoms with Crippen LogP contribution in [0, 0.1) is 0 Å². The third-order valence-electron chi connectivity index (χ3n) is 2.32. The van der Waals surface area contributed by atoms with Gasteiger partial charge in [0.2, 0.25) is 0 Å². The van der Waals surface area contributed by atoms with E-state index in [0.717, 1.165) is 40.4 Å². The van der Waals surface area contributed by atoms with Crippen molar-refractivity contribution in [3.8, 4) is 0 Å². The molecule has 1 aromatic carbocycles. The van der Waals surface area contributed by atoms with Crippen LogP contribution in [0.15, 0.2) is 29.0 Å². The summed E-state index contributed by atoms with van der Waals surface area (Å²) in [6.07, 6.45) is 2.36. The van der Waals surface area contributed by atoms with Gasteiger partial charge in [0.15, 0.2) is 0 Å². The normalized spacial score (nSPS) is 10.7. The summed E-state index contributed by atoms with van der Waals surface area (Å²) in [6.45, 7) is 1.64. The van der Waals surface area contributed by atoms with Gasteiger partial charge in [0.25, 0.3) is 0 Å². The fraction of sp³-hybridized carbons (Fsp3) is 0.273. The van der Waals surface area contributed by atoms with Gasteiger partial charge in [0.1, 0.15) is 12.2 Å². The van der Waals surface area contributed by atoms with Crippen molar-refractivity contribution in [2.24, 2.45) is 0 Å². The highest BCUT2D eigenvalue weighted by atomic mass is 79.9. The summed E-state index contributed by atoms with van der Waals surface area (Å²) < 4.78 is 0.921. The Labute approximate surface area is 113 Å². The van der Waals surface area contributed by atoms with Gasteiger partial charge >= 0.3 is 0 Å². The van der Waals surface area contributed by atoms with E-state index >= 15 is 0 Å². The van der Waals surface area contributed by atoms with E-state index in [1.54, 1.807) is 0 Å². The van der Waals surface area contributed by atoms with Gasteiger partial charge in [-0.3, -0.25) is 5.10 Å². The zero-order valence-electron chi connectivity index (χ0n) is 9.08. The molecule has 90 valence electrons. The Kier molecular flexibility index (Phi) is 4.53. The molecule has 6 heteroatoms. The topological polar surface area (TPSA) is 53.6 Å². The number of nitrogens with one attached hydrogen (secondary N) is 2. The fourth-order valence-electron chi connectivity index (χ4n) is 1.44. The fourth-order valence-corrected chi connectivity index (χ4v) is 1.89. The molecule has 0 saturated heterocycles. The zero-order valence-corrected chi connectivity index (χ0v) is 11.4. The van der Waals surface area contributed by atoms with Crippen molar-refractivity contribution in [2.75, 3.05) is 6.54 Å². The average molecular weight is 316 g/mol. The first-order valence-electron chi connectivity index (χ1n) is 5.24. The number of aromatic amines is 1. The molecule has 0 bridgehead atoms. The van der Waals surface area contributed by atoms with Crippen LogP contribution in [-0.4, -0.2) is 21.7 Å². The molecule has 2 aromatic rings. The smallest absolute Gasteiger partial charge is 0.137 e.